The molecule has 1 N–H and O–H groups in total. The molecule has 0 fully saturated rings. The molecule has 2 heterocycles. The van der Waals surface area contributed by atoms with Crippen molar-refractivity contribution >= 4 is 0 Å². The third kappa shape index (κ3) is 3.36. The van der Waals surface area contributed by atoms with Crippen molar-refractivity contribution in [2.75, 3.05) is 0 Å². The minimum Gasteiger partial charge on any atom is -0.472 e. The number of rotatable bonds is 6. The molecule has 1 aromatic carbocycles. The number of benzene rings is 1. The zero-order chi connectivity index (χ0) is 13.6. The van der Waals surface area contributed by atoms with Gasteiger partial charge >= 0.3 is 0 Å². The van der Waals surface area contributed by atoms with Crippen LogP contribution in [-0.4, -0.2) is 9.78 Å². The highest BCUT2D eigenvalue weighted by Crippen LogP contribution is 2.04. The van der Waals surface area contributed by atoms with E-state index in [0.29, 0.717) is 0 Å². The number of furan rings is 1. The van der Waals surface area contributed by atoms with Crippen LogP contribution in [0.4, 0.5) is 0 Å². The summed E-state index contributed by atoms with van der Waals surface area (Å²) in [5.74, 6) is 0. The van der Waals surface area contributed by atoms with Gasteiger partial charge in [-0.05, 0) is 11.6 Å². The third-order valence-electron chi connectivity index (χ3n) is 3.11. The maximum Gasteiger partial charge on any atom is 0.0947 e. The average molecular weight is 267 g/mol. The van der Waals surface area contributed by atoms with E-state index in [-0.39, 0.29) is 0 Å². The highest BCUT2D eigenvalue weighted by Gasteiger charge is 2.00. The van der Waals surface area contributed by atoms with E-state index in [1.54, 1.807) is 12.5 Å². The number of nitrogens with zero attached hydrogens (tertiary/aromatic N) is 2. The zero-order valence-electron chi connectivity index (χ0n) is 11.2. The Hall–Kier alpha value is -2.33. The Morgan fingerprint density at radius 2 is 1.85 bits per heavy atom. The predicted octanol–water partition coefficient (Wildman–Crippen LogP) is 2.81. The minimum atomic E-state index is 0.806. The van der Waals surface area contributed by atoms with E-state index in [9.17, 15) is 0 Å². The van der Waals surface area contributed by atoms with Gasteiger partial charge in [0.2, 0.25) is 0 Å². The van der Waals surface area contributed by atoms with Crippen LogP contribution in [0.1, 0.15) is 16.7 Å². The Kier molecular flexibility index (Phi) is 3.94. The standard InChI is InChI=1S/C16H17N3O/c1-2-4-14(5-3-1)11-19-12-16(10-18-19)9-17-8-15-6-7-20-13-15/h1-7,10,12-13,17H,8-9,11H2. The van der Waals surface area contributed by atoms with Crippen molar-refractivity contribution in [1.82, 2.24) is 15.1 Å². The van der Waals surface area contributed by atoms with Gasteiger partial charge in [0.15, 0.2) is 0 Å². The average Bonchev–Trinajstić information content (AvgIpc) is 3.12. The van der Waals surface area contributed by atoms with Gasteiger partial charge in [0.05, 0.1) is 25.3 Å². The van der Waals surface area contributed by atoms with Gasteiger partial charge in [-0.3, -0.25) is 4.68 Å². The summed E-state index contributed by atoms with van der Waals surface area (Å²) in [4.78, 5) is 0. The van der Waals surface area contributed by atoms with Crippen LogP contribution in [0, 0.1) is 0 Å². The molecule has 0 bridgehead atoms. The van der Waals surface area contributed by atoms with Gasteiger partial charge < -0.3 is 9.73 Å². The Balaban J connectivity index is 1.52. The molecule has 4 heteroatoms. The van der Waals surface area contributed by atoms with Crippen LogP contribution in [0.25, 0.3) is 0 Å². The molecule has 0 aliphatic rings. The van der Waals surface area contributed by atoms with E-state index in [2.05, 4.69) is 28.7 Å². The fourth-order valence-corrected chi connectivity index (χ4v) is 2.10. The van der Waals surface area contributed by atoms with E-state index in [0.717, 1.165) is 25.2 Å². The monoisotopic (exact) mass is 267 g/mol. The van der Waals surface area contributed by atoms with Gasteiger partial charge in [-0.15, -0.1) is 0 Å². The number of hydrogen-bond donors (Lipinski definition) is 1. The van der Waals surface area contributed by atoms with Crippen LogP contribution in [0.3, 0.4) is 0 Å². The highest BCUT2D eigenvalue weighted by molar-refractivity contribution is 5.15. The first-order valence-electron chi connectivity index (χ1n) is 6.67. The molecule has 102 valence electrons. The molecule has 2 aromatic heterocycles. The van der Waals surface area contributed by atoms with Gasteiger partial charge in [-0.25, -0.2) is 0 Å². The molecule has 0 atom stereocenters. The van der Waals surface area contributed by atoms with E-state index in [1.807, 2.05) is 35.1 Å². The fraction of sp³-hybridized carbons (Fsp3) is 0.188. The summed E-state index contributed by atoms with van der Waals surface area (Å²) in [6, 6.07) is 12.3. The topological polar surface area (TPSA) is 43.0 Å². The molecule has 0 saturated carbocycles. The predicted molar refractivity (Wildman–Crippen MR) is 77.0 cm³/mol. The quantitative estimate of drug-likeness (QED) is 0.747. The van der Waals surface area contributed by atoms with E-state index >= 15 is 0 Å². The van der Waals surface area contributed by atoms with Crippen LogP contribution in [0.5, 0.6) is 0 Å². The molecular formula is C16H17N3O. The Bertz CT molecular complexity index is 629. The number of hydrogen-bond acceptors (Lipinski definition) is 3. The van der Waals surface area contributed by atoms with Gasteiger partial charge in [0, 0.05) is 30.4 Å². The maximum absolute atomic E-state index is 5.03. The molecule has 3 aromatic rings. The SMILES string of the molecule is c1ccc(Cn2cc(CNCc3ccoc3)cn2)cc1. The zero-order valence-corrected chi connectivity index (χ0v) is 11.2. The van der Waals surface area contributed by atoms with Crippen molar-refractivity contribution in [2.45, 2.75) is 19.6 Å². The smallest absolute Gasteiger partial charge is 0.0947 e. The number of aromatic nitrogens is 2. The summed E-state index contributed by atoms with van der Waals surface area (Å²) >= 11 is 0. The van der Waals surface area contributed by atoms with Crippen molar-refractivity contribution in [3.63, 3.8) is 0 Å². The molecule has 20 heavy (non-hydrogen) atoms. The van der Waals surface area contributed by atoms with Crippen LogP contribution in [0.2, 0.25) is 0 Å². The first kappa shape index (κ1) is 12.7. The summed E-state index contributed by atoms with van der Waals surface area (Å²) in [5, 5.41) is 7.75. The molecular weight excluding hydrogens is 250 g/mol. The lowest BCUT2D eigenvalue weighted by Crippen LogP contribution is -2.11. The largest absolute Gasteiger partial charge is 0.472 e. The van der Waals surface area contributed by atoms with Crippen LogP contribution in [0.15, 0.2) is 65.7 Å². The molecule has 0 saturated heterocycles. The van der Waals surface area contributed by atoms with Gasteiger partial charge in [0.25, 0.3) is 0 Å². The summed E-state index contributed by atoms with van der Waals surface area (Å²) in [6.45, 7) is 2.42. The van der Waals surface area contributed by atoms with Gasteiger partial charge in [-0.2, -0.15) is 5.10 Å². The number of nitrogens with one attached hydrogen (secondary N) is 1. The Morgan fingerprint density at radius 1 is 1.00 bits per heavy atom. The van der Waals surface area contributed by atoms with E-state index in [4.69, 9.17) is 4.42 Å². The fourth-order valence-electron chi connectivity index (χ4n) is 2.10. The molecule has 0 aliphatic carbocycles. The summed E-state index contributed by atoms with van der Waals surface area (Å²) in [7, 11) is 0. The summed E-state index contributed by atoms with van der Waals surface area (Å²) in [6.07, 6.45) is 7.43. The molecule has 0 aliphatic heterocycles. The third-order valence-corrected chi connectivity index (χ3v) is 3.11. The summed E-state index contributed by atoms with van der Waals surface area (Å²) < 4.78 is 6.99. The highest BCUT2D eigenvalue weighted by atomic mass is 16.3. The lowest BCUT2D eigenvalue weighted by molar-refractivity contribution is 0.560. The molecule has 4 nitrogen and oxygen atoms in total. The van der Waals surface area contributed by atoms with Crippen LogP contribution in [-0.2, 0) is 19.6 Å². The second kappa shape index (κ2) is 6.21. The van der Waals surface area contributed by atoms with Crippen molar-refractivity contribution in [3.05, 3.63) is 78.0 Å². The Labute approximate surface area is 118 Å². The van der Waals surface area contributed by atoms with Crippen molar-refractivity contribution in [3.8, 4) is 0 Å². The van der Waals surface area contributed by atoms with Crippen molar-refractivity contribution < 1.29 is 4.42 Å². The van der Waals surface area contributed by atoms with E-state index < -0.39 is 0 Å². The first-order valence-corrected chi connectivity index (χ1v) is 6.67. The maximum atomic E-state index is 5.03. The molecule has 0 radical (unpaired) electrons. The van der Waals surface area contributed by atoms with Crippen molar-refractivity contribution in [1.29, 1.82) is 0 Å². The van der Waals surface area contributed by atoms with Crippen molar-refractivity contribution in [2.24, 2.45) is 0 Å². The molecule has 0 spiro atoms. The van der Waals surface area contributed by atoms with Gasteiger partial charge in [-0.1, -0.05) is 30.3 Å². The molecule has 0 unspecified atom stereocenters. The second-order valence-corrected chi connectivity index (χ2v) is 4.77. The lowest BCUT2D eigenvalue weighted by atomic mass is 10.2. The second-order valence-electron chi connectivity index (χ2n) is 4.77. The minimum absolute atomic E-state index is 0.806. The normalized spacial score (nSPS) is 10.8. The van der Waals surface area contributed by atoms with E-state index in [1.165, 1.54) is 11.1 Å². The van der Waals surface area contributed by atoms with Gasteiger partial charge in [0.1, 0.15) is 0 Å². The van der Waals surface area contributed by atoms with Crippen LogP contribution >= 0.6 is 0 Å². The summed E-state index contributed by atoms with van der Waals surface area (Å²) in [5.41, 5.74) is 3.60. The van der Waals surface area contributed by atoms with Crippen LogP contribution < -0.4 is 5.32 Å². The lowest BCUT2D eigenvalue weighted by Gasteiger charge is -2.01. The molecule has 0 amide bonds. The molecule has 3 rings (SSSR count). The first-order chi connectivity index (χ1) is 9.90. The Morgan fingerprint density at radius 3 is 2.65 bits per heavy atom.